The van der Waals surface area contributed by atoms with E-state index < -0.39 is 16.8 Å². The van der Waals surface area contributed by atoms with Crippen molar-refractivity contribution < 1.29 is 24.0 Å². The van der Waals surface area contributed by atoms with E-state index in [9.17, 15) is 19.7 Å². The molecule has 0 unspecified atom stereocenters. The number of hydrogen-bond donors (Lipinski definition) is 2. The number of nitro benzene ring substituents is 1. The SMILES string of the molecule is COC(=O)c1cccc(C(=O)NC(=S)Nc2cc([N+](=O)[O-])ccc2OC)c1. The molecule has 0 bridgehead atoms. The molecule has 2 N–H and O–H groups in total. The third-order valence-electron chi connectivity index (χ3n) is 3.41. The van der Waals surface area contributed by atoms with Gasteiger partial charge in [0, 0.05) is 17.7 Å². The zero-order valence-electron chi connectivity index (χ0n) is 14.3. The standard InChI is InChI=1S/C17H15N3O6S/c1-25-14-7-6-12(20(23)24)9-13(14)18-17(27)19-15(21)10-4-3-5-11(8-10)16(22)26-2/h3-9H,1-2H3,(H2,18,19,21,27). The van der Waals surface area contributed by atoms with Gasteiger partial charge in [-0.15, -0.1) is 0 Å². The van der Waals surface area contributed by atoms with E-state index in [1.54, 1.807) is 0 Å². The lowest BCUT2D eigenvalue weighted by atomic mass is 10.1. The number of carbonyl (C=O) groups is 2. The molecule has 0 saturated heterocycles. The van der Waals surface area contributed by atoms with Gasteiger partial charge in [-0.25, -0.2) is 4.79 Å². The van der Waals surface area contributed by atoms with Gasteiger partial charge in [-0.1, -0.05) is 6.07 Å². The molecule has 0 spiro atoms. The van der Waals surface area contributed by atoms with Crippen LogP contribution in [0, 0.1) is 10.1 Å². The molecule has 0 aliphatic rings. The molecule has 2 rings (SSSR count). The van der Waals surface area contributed by atoms with Gasteiger partial charge < -0.3 is 14.8 Å². The minimum atomic E-state index is -0.577. The van der Waals surface area contributed by atoms with Crippen LogP contribution in [0.1, 0.15) is 20.7 Å². The third-order valence-corrected chi connectivity index (χ3v) is 3.62. The van der Waals surface area contributed by atoms with Crippen molar-refractivity contribution in [2.24, 2.45) is 0 Å². The van der Waals surface area contributed by atoms with Crippen LogP contribution in [0.5, 0.6) is 5.75 Å². The number of anilines is 1. The van der Waals surface area contributed by atoms with E-state index >= 15 is 0 Å². The highest BCUT2D eigenvalue weighted by Crippen LogP contribution is 2.28. The minimum Gasteiger partial charge on any atom is -0.495 e. The van der Waals surface area contributed by atoms with E-state index in [1.165, 1.54) is 56.7 Å². The summed E-state index contributed by atoms with van der Waals surface area (Å²) < 4.78 is 9.73. The van der Waals surface area contributed by atoms with Gasteiger partial charge in [0.25, 0.3) is 11.6 Å². The fraction of sp³-hybridized carbons (Fsp3) is 0.118. The summed E-state index contributed by atoms with van der Waals surface area (Å²) in [5, 5.41) is 15.9. The Morgan fingerprint density at radius 2 is 1.81 bits per heavy atom. The Kier molecular flexibility index (Phi) is 6.39. The minimum absolute atomic E-state index is 0.0951. The van der Waals surface area contributed by atoms with E-state index in [0.29, 0.717) is 5.75 Å². The highest BCUT2D eigenvalue weighted by Gasteiger charge is 2.15. The highest BCUT2D eigenvalue weighted by atomic mass is 32.1. The number of thiocarbonyl (C=S) groups is 1. The first-order chi connectivity index (χ1) is 12.8. The van der Waals surface area contributed by atoms with Gasteiger partial charge >= 0.3 is 5.97 Å². The van der Waals surface area contributed by atoms with E-state index in [-0.39, 0.29) is 27.6 Å². The summed E-state index contributed by atoms with van der Waals surface area (Å²) >= 11 is 5.08. The van der Waals surface area contributed by atoms with Crippen molar-refractivity contribution in [2.45, 2.75) is 0 Å². The molecule has 0 fully saturated rings. The molecule has 2 aromatic rings. The van der Waals surface area contributed by atoms with Crippen molar-refractivity contribution in [3.63, 3.8) is 0 Å². The van der Waals surface area contributed by atoms with Crippen molar-refractivity contribution in [1.82, 2.24) is 5.32 Å². The predicted octanol–water partition coefficient (Wildman–Crippen LogP) is 2.52. The van der Waals surface area contributed by atoms with Crippen molar-refractivity contribution >= 4 is 40.6 Å². The van der Waals surface area contributed by atoms with Gasteiger partial charge in [0.15, 0.2) is 5.11 Å². The number of amides is 1. The average Bonchev–Trinajstić information content (AvgIpc) is 2.67. The maximum absolute atomic E-state index is 12.3. The fourth-order valence-electron chi connectivity index (χ4n) is 2.14. The number of methoxy groups -OCH3 is 2. The lowest BCUT2D eigenvalue weighted by Gasteiger charge is -2.13. The molecule has 9 nitrogen and oxygen atoms in total. The second-order valence-electron chi connectivity index (χ2n) is 5.12. The summed E-state index contributed by atoms with van der Waals surface area (Å²) in [5.41, 5.74) is 0.455. The number of nitro groups is 1. The van der Waals surface area contributed by atoms with Gasteiger partial charge in [-0.05, 0) is 36.5 Å². The molecule has 10 heteroatoms. The smallest absolute Gasteiger partial charge is 0.337 e. The maximum Gasteiger partial charge on any atom is 0.337 e. The van der Waals surface area contributed by atoms with Crippen LogP contribution in [0.2, 0.25) is 0 Å². The number of rotatable bonds is 5. The summed E-state index contributed by atoms with van der Waals surface area (Å²) in [5.74, 6) is -0.834. The first kappa shape index (κ1) is 19.8. The number of carbonyl (C=O) groups excluding carboxylic acids is 2. The molecule has 140 valence electrons. The van der Waals surface area contributed by atoms with E-state index in [4.69, 9.17) is 17.0 Å². The quantitative estimate of drug-likeness (QED) is 0.346. The Morgan fingerprint density at radius 3 is 2.44 bits per heavy atom. The predicted molar refractivity (Wildman–Crippen MR) is 101 cm³/mol. The van der Waals surface area contributed by atoms with Crippen LogP contribution >= 0.6 is 12.2 Å². The molecular weight excluding hydrogens is 374 g/mol. The lowest BCUT2D eigenvalue weighted by Crippen LogP contribution is -2.34. The second kappa shape index (κ2) is 8.72. The average molecular weight is 389 g/mol. The molecule has 0 radical (unpaired) electrons. The van der Waals surface area contributed by atoms with Gasteiger partial charge in [-0.2, -0.15) is 0 Å². The molecule has 0 heterocycles. The number of nitrogens with one attached hydrogen (secondary N) is 2. The summed E-state index contributed by atoms with van der Waals surface area (Å²) in [6, 6.07) is 9.81. The number of nitrogens with zero attached hydrogens (tertiary/aromatic N) is 1. The molecule has 2 aromatic carbocycles. The first-order valence-corrected chi connectivity index (χ1v) is 7.89. The van der Waals surface area contributed by atoms with Crippen LogP contribution in [0.3, 0.4) is 0 Å². The molecule has 0 aliphatic carbocycles. The Morgan fingerprint density at radius 1 is 1.11 bits per heavy atom. The highest BCUT2D eigenvalue weighted by molar-refractivity contribution is 7.80. The topological polar surface area (TPSA) is 120 Å². The zero-order valence-corrected chi connectivity index (χ0v) is 15.2. The van der Waals surface area contributed by atoms with Crippen LogP contribution in [-0.4, -0.2) is 36.1 Å². The number of benzene rings is 2. The monoisotopic (exact) mass is 389 g/mol. The normalized spacial score (nSPS) is 9.85. The molecule has 0 atom stereocenters. The molecule has 0 aromatic heterocycles. The van der Waals surface area contributed by atoms with Crippen molar-refractivity contribution in [2.75, 3.05) is 19.5 Å². The van der Waals surface area contributed by atoms with Gasteiger partial charge in [0.05, 0.1) is 30.4 Å². The fourth-order valence-corrected chi connectivity index (χ4v) is 2.34. The number of hydrogen-bond acceptors (Lipinski definition) is 7. The summed E-state index contributed by atoms with van der Waals surface area (Å²) in [4.78, 5) is 34.2. The van der Waals surface area contributed by atoms with Gasteiger partial charge in [0.1, 0.15) is 5.75 Å². The van der Waals surface area contributed by atoms with Gasteiger partial charge in [0.2, 0.25) is 0 Å². The maximum atomic E-state index is 12.3. The van der Waals surface area contributed by atoms with Crippen LogP contribution < -0.4 is 15.4 Å². The number of non-ortho nitro benzene ring substituents is 1. The Balaban J connectivity index is 2.14. The Labute approximate surface area is 159 Å². The van der Waals surface area contributed by atoms with Gasteiger partial charge in [-0.3, -0.25) is 20.2 Å². The van der Waals surface area contributed by atoms with E-state index in [1.807, 2.05) is 0 Å². The summed E-state index contributed by atoms with van der Waals surface area (Å²) in [6.45, 7) is 0. The number of ether oxygens (including phenoxy) is 2. The molecule has 0 aliphatic heterocycles. The van der Waals surface area contributed by atoms with Crippen LogP contribution in [0.4, 0.5) is 11.4 Å². The summed E-state index contributed by atoms with van der Waals surface area (Å²) in [6.07, 6.45) is 0. The molecule has 0 saturated carbocycles. The van der Waals surface area contributed by atoms with E-state index in [0.717, 1.165) is 0 Å². The largest absolute Gasteiger partial charge is 0.495 e. The summed E-state index contributed by atoms with van der Waals surface area (Å²) in [7, 11) is 2.63. The Hall–Kier alpha value is -3.53. The van der Waals surface area contributed by atoms with Crippen LogP contribution in [0.25, 0.3) is 0 Å². The van der Waals surface area contributed by atoms with Crippen molar-refractivity contribution in [3.8, 4) is 5.75 Å². The lowest BCUT2D eigenvalue weighted by molar-refractivity contribution is -0.384. The van der Waals surface area contributed by atoms with Crippen molar-refractivity contribution in [1.29, 1.82) is 0 Å². The Bertz CT molecular complexity index is 915. The third kappa shape index (κ3) is 4.98. The van der Waals surface area contributed by atoms with Crippen LogP contribution in [0.15, 0.2) is 42.5 Å². The molecular formula is C17H15N3O6S. The molecule has 1 amide bonds. The molecule has 27 heavy (non-hydrogen) atoms. The zero-order chi connectivity index (χ0) is 20.0. The number of esters is 1. The van der Waals surface area contributed by atoms with Crippen LogP contribution in [-0.2, 0) is 4.74 Å². The van der Waals surface area contributed by atoms with E-state index in [2.05, 4.69) is 15.4 Å². The van der Waals surface area contributed by atoms with Crippen molar-refractivity contribution in [3.05, 3.63) is 63.7 Å². The first-order valence-electron chi connectivity index (χ1n) is 7.49. The second-order valence-corrected chi connectivity index (χ2v) is 5.53.